The lowest BCUT2D eigenvalue weighted by molar-refractivity contribution is -0.137. The highest BCUT2D eigenvalue weighted by atomic mass is 32.1. The van der Waals surface area contributed by atoms with E-state index in [0.717, 1.165) is 67.1 Å². The molecule has 9 aromatic carbocycles. The largest absolute Gasteiger partial charge is 0.415 e. The van der Waals surface area contributed by atoms with Crippen molar-refractivity contribution in [1.29, 1.82) is 0 Å². The fourth-order valence-electron chi connectivity index (χ4n) is 10.1. The highest BCUT2D eigenvalue weighted by molar-refractivity contribution is 7.27. The molecule has 4 heterocycles. The molecule has 66 heavy (non-hydrogen) atoms. The van der Waals surface area contributed by atoms with Gasteiger partial charge in [0.15, 0.2) is 11.4 Å². The average Bonchev–Trinajstić information content (AvgIpc) is 4.11. The van der Waals surface area contributed by atoms with Crippen LogP contribution in [-0.4, -0.2) is 9.13 Å². The summed E-state index contributed by atoms with van der Waals surface area (Å²) in [6.07, 6.45) is -4.61. The number of hydrogen-bond donors (Lipinski definition) is 0. The maximum atomic E-state index is 14.0. The second kappa shape index (κ2) is 14.1. The quantitative estimate of drug-likeness (QED) is 0.157. The van der Waals surface area contributed by atoms with Gasteiger partial charge in [-0.1, -0.05) is 109 Å². The number of alkyl halides is 3. The van der Waals surface area contributed by atoms with E-state index in [1.54, 1.807) is 22.7 Å². The summed E-state index contributed by atoms with van der Waals surface area (Å²) in [4.78, 5) is 7.70. The van der Waals surface area contributed by atoms with Gasteiger partial charge in [0.2, 0.25) is 0 Å². The van der Waals surface area contributed by atoms with Crippen LogP contribution in [0.5, 0.6) is 0 Å². The van der Waals surface area contributed by atoms with E-state index in [4.69, 9.17) is 13.1 Å². The molecule has 4 nitrogen and oxygen atoms in total. The lowest BCUT2D eigenvalue weighted by atomic mass is 9.94. The molecule has 9 heteroatoms. The smallest absolute Gasteiger partial charge is 0.309 e. The van der Waals surface area contributed by atoms with Crippen molar-refractivity contribution in [1.82, 2.24) is 9.13 Å². The molecule has 0 saturated heterocycles. The van der Waals surface area contributed by atoms with Crippen LogP contribution in [-0.2, 0) is 6.18 Å². The van der Waals surface area contributed by atoms with E-state index in [2.05, 4.69) is 134 Å². The van der Waals surface area contributed by atoms with E-state index in [1.807, 2.05) is 42.5 Å². The first kappa shape index (κ1) is 38.3. The predicted molar refractivity (Wildman–Crippen MR) is 269 cm³/mol. The number of rotatable bonds is 4. The SMILES string of the molecule is [C-]#[N+]c1cc(C(F)(F)F)ccc1-c1ccc(-n2c3ccccc3c3c4sc5ccccc5c4ccc32)c(-c2cc(-n3c4ccccc4c4c5sc6ccccc6c5ccc43)ccc2[N+]#[C-])c1. The number of benzene rings is 9. The number of para-hydroxylation sites is 2. The maximum Gasteiger partial charge on any atom is 0.415 e. The topological polar surface area (TPSA) is 18.6 Å². The van der Waals surface area contributed by atoms with Crippen LogP contribution >= 0.6 is 22.7 Å². The van der Waals surface area contributed by atoms with E-state index >= 15 is 0 Å². The number of fused-ring (bicyclic) bond motifs is 14. The Morgan fingerprint density at radius 2 is 0.985 bits per heavy atom. The molecule has 0 aliphatic carbocycles. The Morgan fingerprint density at radius 3 is 1.59 bits per heavy atom. The molecule has 0 radical (unpaired) electrons. The van der Waals surface area contributed by atoms with Crippen LogP contribution in [0.15, 0.2) is 176 Å². The van der Waals surface area contributed by atoms with Gasteiger partial charge in [-0.2, -0.15) is 13.2 Å². The minimum absolute atomic E-state index is 0.107. The van der Waals surface area contributed by atoms with E-state index in [1.165, 1.54) is 46.4 Å². The monoisotopic (exact) mass is 890 g/mol. The van der Waals surface area contributed by atoms with Gasteiger partial charge >= 0.3 is 6.18 Å². The first-order chi connectivity index (χ1) is 32.3. The molecule has 0 bridgehead atoms. The Bertz CT molecular complexity index is 4320. The third-order valence-corrected chi connectivity index (χ3v) is 15.4. The van der Waals surface area contributed by atoms with Crippen molar-refractivity contribution in [2.24, 2.45) is 0 Å². The van der Waals surface area contributed by atoms with Crippen LogP contribution in [0.4, 0.5) is 24.5 Å². The van der Waals surface area contributed by atoms with Gasteiger partial charge in [-0.3, -0.25) is 0 Å². The van der Waals surface area contributed by atoms with Gasteiger partial charge in [-0.25, -0.2) is 9.69 Å². The fraction of sp³-hybridized carbons (Fsp3) is 0.0175. The van der Waals surface area contributed by atoms with Crippen LogP contribution in [0.3, 0.4) is 0 Å². The third-order valence-electron chi connectivity index (χ3n) is 13.0. The zero-order valence-electron chi connectivity index (χ0n) is 34.5. The Labute approximate surface area is 382 Å². The summed E-state index contributed by atoms with van der Waals surface area (Å²) in [5.74, 6) is 0. The molecular weight excluding hydrogens is 862 g/mol. The van der Waals surface area contributed by atoms with Gasteiger partial charge in [0, 0.05) is 73.1 Å². The van der Waals surface area contributed by atoms with Gasteiger partial charge in [0.1, 0.15) is 0 Å². The maximum absolute atomic E-state index is 14.0. The molecule has 13 rings (SSSR count). The van der Waals surface area contributed by atoms with Crippen LogP contribution in [0, 0.1) is 13.1 Å². The lowest BCUT2D eigenvalue weighted by Crippen LogP contribution is -2.04. The van der Waals surface area contributed by atoms with E-state index in [-0.39, 0.29) is 5.69 Å². The van der Waals surface area contributed by atoms with Crippen LogP contribution in [0.25, 0.3) is 127 Å². The second-order valence-corrected chi connectivity index (χ2v) is 18.6. The molecule has 0 fully saturated rings. The van der Waals surface area contributed by atoms with E-state index in [0.29, 0.717) is 27.9 Å². The third kappa shape index (κ3) is 5.48. The van der Waals surface area contributed by atoms with Gasteiger partial charge in [-0.15, -0.1) is 22.7 Å². The summed E-state index contributed by atoms with van der Waals surface area (Å²) in [6, 6.07) is 57.5. The molecule has 13 aromatic rings. The van der Waals surface area contributed by atoms with Crippen LogP contribution in [0.2, 0.25) is 0 Å². The zero-order valence-corrected chi connectivity index (χ0v) is 36.1. The Balaban J connectivity index is 1.12. The fourth-order valence-corrected chi connectivity index (χ4v) is 12.7. The van der Waals surface area contributed by atoms with Crippen LogP contribution in [0.1, 0.15) is 5.56 Å². The number of aromatic nitrogens is 2. The zero-order chi connectivity index (χ0) is 44.4. The molecule has 0 amide bonds. The van der Waals surface area contributed by atoms with Crippen molar-refractivity contribution in [2.45, 2.75) is 6.18 Å². The van der Waals surface area contributed by atoms with Crippen LogP contribution < -0.4 is 0 Å². The molecule has 0 aliphatic heterocycles. The van der Waals surface area contributed by atoms with Crippen molar-refractivity contribution in [2.75, 3.05) is 0 Å². The number of thiophene rings is 2. The molecule has 4 aromatic heterocycles. The molecular formula is C57H29F3N4S2. The Kier molecular flexibility index (Phi) is 8.20. The van der Waals surface area contributed by atoms with Gasteiger partial charge in [0.05, 0.1) is 40.9 Å². The molecule has 310 valence electrons. The van der Waals surface area contributed by atoms with Gasteiger partial charge < -0.3 is 9.13 Å². The molecule has 0 saturated carbocycles. The summed E-state index contributed by atoms with van der Waals surface area (Å²) in [7, 11) is 0. The van der Waals surface area contributed by atoms with E-state index in [9.17, 15) is 13.2 Å². The molecule has 0 atom stereocenters. The normalized spacial score (nSPS) is 12.1. The van der Waals surface area contributed by atoms with Crippen molar-refractivity contribution in [3.63, 3.8) is 0 Å². The highest BCUT2D eigenvalue weighted by Gasteiger charge is 2.31. The minimum atomic E-state index is -4.61. The highest BCUT2D eigenvalue weighted by Crippen LogP contribution is 2.49. The summed E-state index contributed by atoms with van der Waals surface area (Å²) >= 11 is 3.56. The number of halogens is 3. The molecule has 0 unspecified atom stereocenters. The average molecular weight is 891 g/mol. The van der Waals surface area contributed by atoms with Gasteiger partial charge in [0.25, 0.3) is 0 Å². The lowest BCUT2D eigenvalue weighted by Gasteiger charge is -2.19. The number of hydrogen-bond acceptors (Lipinski definition) is 2. The van der Waals surface area contributed by atoms with Crippen molar-refractivity contribution >= 4 is 118 Å². The minimum Gasteiger partial charge on any atom is -0.309 e. The molecule has 0 aliphatic rings. The first-order valence-electron chi connectivity index (χ1n) is 21.2. The predicted octanol–water partition coefficient (Wildman–Crippen LogP) is 18.1. The number of nitrogens with zero attached hydrogens (tertiary/aromatic N) is 4. The Hall–Kier alpha value is -8.21. The van der Waals surface area contributed by atoms with Crippen molar-refractivity contribution < 1.29 is 13.2 Å². The first-order valence-corrected chi connectivity index (χ1v) is 22.8. The molecule has 0 spiro atoms. The van der Waals surface area contributed by atoms with Crippen molar-refractivity contribution in [3.05, 3.63) is 204 Å². The summed E-state index contributed by atoms with van der Waals surface area (Å²) in [6.45, 7) is 16.6. The van der Waals surface area contributed by atoms with Gasteiger partial charge in [-0.05, 0) is 89.0 Å². The standard InChI is InChI=1S/C57H29F3N4S2/c1-61-44-25-21-34(63-46-15-7-3-13-40(46)53-49(63)27-23-38-36-11-5-9-17-51(36)65-55(38)53)31-42(44)43-29-32(35-22-20-33(57(58,59)60)30-45(35)62-2)19-26-48(43)64-47-16-8-4-14-41(47)54-50(64)28-24-39-37-12-6-10-18-52(37)66-56(39)54/h3-31H. The Morgan fingerprint density at radius 1 is 0.424 bits per heavy atom. The second-order valence-electron chi connectivity index (χ2n) is 16.5. The van der Waals surface area contributed by atoms with Crippen molar-refractivity contribution in [3.8, 4) is 33.6 Å². The summed E-state index contributed by atoms with van der Waals surface area (Å²) in [5.41, 5.74) is 7.36. The van der Waals surface area contributed by atoms with E-state index < -0.39 is 11.7 Å². The summed E-state index contributed by atoms with van der Waals surface area (Å²) < 4.78 is 51.2. The summed E-state index contributed by atoms with van der Waals surface area (Å²) in [5, 5.41) is 9.29. The molecule has 0 N–H and O–H groups in total.